The van der Waals surface area contributed by atoms with E-state index < -0.39 is 0 Å². The van der Waals surface area contributed by atoms with Gasteiger partial charge in [0.25, 0.3) is 0 Å². The summed E-state index contributed by atoms with van der Waals surface area (Å²) in [6.07, 6.45) is 3.88. The Morgan fingerprint density at radius 1 is 1.15 bits per heavy atom. The van der Waals surface area contributed by atoms with E-state index in [0.29, 0.717) is 23.7 Å². The van der Waals surface area contributed by atoms with E-state index in [2.05, 4.69) is 44.0 Å². The molecule has 0 radical (unpaired) electrons. The van der Waals surface area contributed by atoms with Gasteiger partial charge in [-0.1, -0.05) is 18.1 Å². The van der Waals surface area contributed by atoms with Crippen LogP contribution in [-0.4, -0.2) is 35.7 Å². The standard InChI is InChI=1S/C24H27N5O3S/c1-4-15-5-6-19(30-2)22(11-15)33-28-24-23-20(31-3)9-16(10-21(23)32-27-24)14-29-18-7-8-25-12-17(18)13-26-29/h5-6,9-11,13,25H,4,7-8,12,14H2,1-3H3,(H,27,28). The molecule has 172 valence electrons. The lowest BCUT2D eigenvalue weighted by atomic mass is 10.1. The number of aromatic nitrogens is 3. The predicted molar refractivity (Wildman–Crippen MR) is 129 cm³/mol. The van der Waals surface area contributed by atoms with Crippen LogP contribution in [0, 0.1) is 0 Å². The van der Waals surface area contributed by atoms with E-state index in [4.69, 9.17) is 14.0 Å². The van der Waals surface area contributed by atoms with Crippen LogP contribution in [-0.2, 0) is 25.9 Å². The molecule has 33 heavy (non-hydrogen) atoms. The largest absolute Gasteiger partial charge is 0.496 e. The lowest BCUT2D eigenvalue weighted by Crippen LogP contribution is -2.24. The second kappa shape index (κ2) is 9.36. The quantitative estimate of drug-likeness (QED) is 0.370. The Bertz CT molecular complexity index is 1280. The highest BCUT2D eigenvalue weighted by Crippen LogP contribution is 2.37. The number of nitrogens with zero attached hydrogens (tertiary/aromatic N) is 3. The number of fused-ring (bicyclic) bond motifs is 2. The number of benzene rings is 2. The molecule has 0 fully saturated rings. The number of ether oxygens (including phenoxy) is 2. The summed E-state index contributed by atoms with van der Waals surface area (Å²) in [6.45, 7) is 4.63. The summed E-state index contributed by atoms with van der Waals surface area (Å²) in [6, 6.07) is 10.2. The maximum absolute atomic E-state index is 5.72. The third kappa shape index (κ3) is 4.26. The molecule has 0 saturated carbocycles. The van der Waals surface area contributed by atoms with Crippen molar-refractivity contribution in [2.75, 3.05) is 25.5 Å². The first-order chi connectivity index (χ1) is 16.2. The second-order valence-corrected chi connectivity index (χ2v) is 8.79. The van der Waals surface area contributed by atoms with Crippen molar-refractivity contribution in [1.82, 2.24) is 20.3 Å². The average Bonchev–Trinajstić information content (AvgIpc) is 3.46. The Labute approximate surface area is 196 Å². The molecular weight excluding hydrogens is 438 g/mol. The minimum Gasteiger partial charge on any atom is -0.496 e. The molecule has 2 aromatic carbocycles. The van der Waals surface area contributed by atoms with Gasteiger partial charge in [0.05, 0.1) is 31.9 Å². The maximum atomic E-state index is 5.72. The monoisotopic (exact) mass is 465 g/mol. The minimum absolute atomic E-state index is 0.616. The third-order valence-electron chi connectivity index (χ3n) is 5.93. The Hall–Kier alpha value is -3.17. The van der Waals surface area contributed by atoms with Crippen molar-refractivity contribution in [2.24, 2.45) is 0 Å². The Morgan fingerprint density at radius 3 is 2.85 bits per heavy atom. The van der Waals surface area contributed by atoms with E-state index >= 15 is 0 Å². The highest BCUT2D eigenvalue weighted by molar-refractivity contribution is 8.00. The maximum Gasteiger partial charge on any atom is 0.191 e. The zero-order chi connectivity index (χ0) is 22.8. The highest BCUT2D eigenvalue weighted by atomic mass is 32.2. The molecule has 9 heteroatoms. The first kappa shape index (κ1) is 21.7. The molecule has 0 bridgehead atoms. The zero-order valence-electron chi connectivity index (χ0n) is 19.0. The van der Waals surface area contributed by atoms with Gasteiger partial charge in [0, 0.05) is 30.8 Å². The molecule has 8 nitrogen and oxygen atoms in total. The fourth-order valence-corrected chi connectivity index (χ4v) is 4.97. The molecule has 0 atom stereocenters. The molecule has 1 aliphatic rings. The van der Waals surface area contributed by atoms with E-state index in [0.717, 1.165) is 47.5 Å². The minimum atomic E-state index is 0.616. The smallest absolute Gasteiger partial charge is 0.191 e. The van der Waals surface area contributed by atoms with Crippen molar-refractivity contribution in [3.05, 3.63) is 58.9 Å². The number of rotatable bonds is 8. The predicted octanol–water partition coefficient (Wildman–Crippen LogP) is 4.42. The molecule has 2 aromatic heterocycles. The number of methoxy groups -OCH3 is 2. The van der Waals surface area contributed by atoms with Crippen LogP contribution in [0.15, 0.2) is 45.9 Å². The lowest BCUT2D eigenvalue weighted by Gasteiger charge is -2.15. The second-order valence-electron chi connectivity index (χ2n) is 7.95. The molecule has 4 aromatic rings. The van der Waals surface area contributed by atoms with E-state index in [-0.39, 0.29) is 0 Å². The zero-order valence-corrected chi connectivity index (χ0v) is 19.8. The number of hydrogen-bond donors (Lipinski definition) is 2. The average molecular weight is 466 g/mol. The highest BCUT2D eigenvalue weighted by Gasteiger charge is 2.19. The number of hydrogen-bond acceptors (Lipinski definition) is 8. The van der Waals surface area contributed by atoms with Crippen molar-refractivity contribution in [3.8, 4) is 11.5 Å². The summed E-state index contributed by atoms with van der Waals surface area (Å²) in [5.74, 6) is 2.14. The fraction of sp³-hybridized carbons (Fsp3) is 0.333. The van der Waals surface area contributed by atoms with Crippen molar-refractivity contribution in [3.63, 3.8) is 0 Å². The van der Waals surface area contributed by atoms with Gasteiger partial charge in [0.2, 0.25) is 0 Å². The molecule has 0 aliphatic carbocycles. The number of anilines is 1. The molecular formula is C24H27N5O3S. The normalized spacial score (nSPS) is 13.2. The summed E-state index contributed by atoms with van der Waals surface area (Å²) in [4.78, 5) is 0.988. The van der Waals surface area contributed by atoms with Crippen LogP contribution in [0.3, 0.4) is 0 Å². The van der Waals surface area contributed by atoms with Crippen LogP contribution in [0.2, 0.25) is 0 Å². The number of nitrogens with one attached hydrogen (secondary N) is 2. The summed E-state index contributed by atoms with van der Waals surface area (Å²) < 4.78 is 22.3. The molecule has 2 N–H and O–H groups in total. The Balaban J connectivity index is 1.41. The SMILES string of the molecule is CCc1ccc(OC)c(SNc2noc3cc(Cn4ncc5c4CCNC5)cc(OC)c23)c1. The van der Waals surface area contributed by atoms with Gasteiger partial charge in [-0.15, -0.1) is 0 Å². The van der Waals surface area contributed by atoms with Gasteiger partial charge in [-0.3, -0.25) is 4.68 Å². The summed E-state index contributed by atoms with van der Waals surface area (Å²) in [5.41, 5.74) is 5.51. The van der Waals surface area contributed by atoms with Crippen LogP contribution in [0.1, 0.15) is 29.3 Å². The molecule has 0 unspecified atom stereocenters. The van der Waals surface area contributed by atoms with Crippen molar-refractivity contribution in [1.29, 1.82) is 0 Å². The topological polar surface area (TPSA) is 86.4 Å². The van der Waals surface area contributed by atoms with Gasteiger partial charge in [0.15, 0.2) is 11.4 Å². The first-order valence-electron chi connectivity index (χ1n) is 11.0. The molecule has 1 aliphatic heterocycles. The van der Waals surface area contributed by atoms with Gasteiger partial charge in [-0.05, 0) is 53.8 Å². The summed E-state index contributed by atoms with van der Waals surface area (Å²) >= 11 is 1.44. The molecule has 3 heterocycles. The van der Waals surface area contributed by atoms with Crippen LogP contribution in [0.4, 0.5) is 5.82 Å². The van der Waals surface area contributed by atoms with Gasteiger partial charge < -0.3 is 24.0 Å². The van der Waals surface area contributed by atoms with E-state index in [1.807, 2.05) is 24.4 Å². The Kier molecular flexibility index (Phi) is 6.15. The van der Waals surface area contributed by atoms with Crippen molar-refractivity contribution < 1.29 is 14.0 Å². The molecule has 0 amide bonds. The van der Waals surface area contributed by atoms with E-state index in [1.54, 1.807) is 14.2 Å². The van der Waals surface area contributed by atoms with Crippen LogP contribution >= 0.6 is 11.9 Å². The van der Waals surface area contributed by atoms with Crippen LogP contribution < -0.4 is 19.5 Å². The lowest BCUT2D eigenvalue weighted by molar-refractivity contribution is 0.404. The van der Waals surface area contributed by atoms with Crippen molar-refractivity contribution >= 4 is 28.7 Å². The summed E-state index contributed by atoms with van der Waals surface area (Å²) in [7, 11) is 3.34. The fourth-order valence-electron chi connectivity index (χ4n) is 4.16. The Morgan fingerprint density at radius 2 is 2.03 bits per heavy atom. The van der Waals surface area contributed by atoms with Gasteiger partial charge in [0.1, 0.15) is 16.9 Å². The van der Waals surface area contributed by atoms with Gasteiger partial charge in [-0.2, -0.15) is 5.10 Å². The first-order valence-corrected chi connectivity index (χ1v) is 11.8. The van der Waals surface area contributed by atoms with Crippen LogP contribution in [0.5, 0.6) is 11.5 Å². The molecule has 0 spiro atoms. The summed E-state index contributed by atoms with van der Waals surface area (Å²) in [5, 5.41) is 13.1. The van der Waals surface area contributed by atoms with Gasteiger partial charge >= 0.3 is 0 Å². The van der Waals surface area contributed by atoms with Gasteiger partial charge in [-0.25, -0.2) is 0 Å². The molecule has 5 rings (SSSR count). The van der Waals surface area contributed by atoms with E-state index in [9.17, 15) is 0 Å². The third-order valence-corrected chi connectivity index (χ3v) is 6.77. The van der Waals surface area contributed by atoms with E-state index in [1.165, 1.54) is 28.8 Å². The number of aryl methyl sites for hydroxylation is 1. The van der Waals surface area contributed by atoms with Crippen molar-refractivity contribution in [2.45, 2.75) is 37.8 Å². The van der Waals surface area contributed by atoms with Crippen LogP contribution in [0.25, 0.3) is 11.0 Å². The molecule has 0 saturated heterocycles.